The molecular formula is C19H24N3O4S+. The zero-order valence-corrected chi connectivity index (χ0v) is 16.0. The van der Waals surface area contributed by atoms with E-state index in [-0.39, 0.29) is 16.2 Å². The number of rotatable bonds is 6. The van der Waals surface area contributed by atoms with Gasteiger partial charge in [0.15, 0.2) is 0 Å². The first-order chi connectivity index (χ1) is 12.9. The summed E-state index contributed by atoms with van der Waals surface area (Å²) in [6.45, 7) is 3.20. The number of nitrogens with two attached hydrogens (primary N) is 1. The smallest absolute Gasteiger partial charge is 0.252 e. The van der Waals surface area contributed by atoms with Gasteiger partial charge in [-0.1, -0.05) is 30.3 Å². The Labute approximate surface area is 159 Å². The second kappa shape index (κ2) is 8.08. The summed E-state index contributed by atoms with van der Waals surface area (Å²) in [5.74, 6) is -0.459. The highest BCUT2D eigenvalue weighted by Gasteiger charge is 2.31. The molecule has 2 aromatic rings. The first kappa shape index (κ1) is 19.3. The summed E-state index contributed by atoms with van der Waals surface area (Å²) in [7, 11) is -2.28. The van der Waals surface area contributed by atoms with E-state index in [1.807, 2.05) is 18.2 Å². The van der Waals surface area contributed by atoms with Crippen LogP contribution in [0.25, 0.3) is 0 Å². The molecule has 0 unspecified atom stereocenters. The summed E-state index contributed by atoms with van der Waals surface area (Å²) < 4.78 is 32.4. The molecule has 0 aromatic heterocycles. The van der Waals surface area contributed by atoms with E-state index in [1.165, 1.54) is 40.1 Å². The van der Waals surface area contributed by atoms with Gasteiger partial charge in [-0.15, -0.1) is 0 Å². The number of amides is 1. The molecule has 1 aliphatic heterocycles. The van der Waals surface area contributed by atoms with Gasteiger partial charge in [0.25, 0.3) is 5.91 Å². The summed E-state index contributed by atoms with van der Waals surface area (Å²) >= 11 is 0. The Morgan fingerprint density at radius 2 is 1.81 bits per heavy atom. The van der Waals surface area contributed by atoms with Crippen molar-refractivity contribution in [2.45, 2.75) is 11.4 Å². The number of nitrogens with zero attached hydrogens (tertiary/aromatic N) is 1. The molecule has 1 amide bonds. The third-order valence-corrected chi connectivity index (χ3v) is 6.70. The maximum absolute atomic E-state index is 13.0. The summed E-state index contributed by atoms with van der Waals surface area (Å²) in [6.07, 6.45) is 0. The number of quaternary nitrogens is 1. The van der Waals surface area contributed by atoms with Gasteiger partial charge in [-0.3, -0.25) is 4.79 Å². The highest BCUT2D eigenvalue weighted by molar-refractivity contribution is 7.89. The second-order valence-electron chi connectivity index (χ2n) is 6.54. The summed E-state index contributed by atoms with van der Waals surface area (Å²) in [6, 6.07) is 14.4. The van der Waals surface area contributed by atoms with Crippen molar-refractivity contribution in [1.82, 2.24) is 4.31 Å². The molecule has 27 heavy (non-hydrogen) atoms. The monoisotopic (exact) mass is 390 g/mol. The number of ether oxygens (including phenoxy) is 1. The van der Waals surface area contributed by atoms with Gasteiger partial charge in [-0.05, 0) is 18.2 Å². The van der Waals surface area contributed by atoms with Crippen molar-refractivity contribution < 1.29 is 22.8 Å². The van der Waals surface area contributed by atoms with Crippen molar-refractivity contribution in [2.75, 3.05) is 33.3 Å². The Hall–Kier alpha value is -2.42. The van der Waals surface area contributed by atoms with Crippen molar-refractivity contribution in [1.29, 1.82) is 0 Å². The van der Waals surface area contributed by atoms with Crippen molar-refractivity contribution in [2.24, 2.45) is 5.73 Å². The molecule has 7 nitrogen and oxygen atoms in total. The third-order valence-electron chi connectivity index (χ3n) is 4.80. The van der Waals surface area contributed by atoms with E-state index < -0.39 is 15.9 Å². The second-order valence-corrected chi connectivity index (χ2v) is 8.48. The van der Waals surface area contributed by atoms with Crippen molar-refractivity contribution in [3.63, 3.8) is 0 Å². The lowest BCUT2D eigenvalue weighted by molar-refractivity contribution is -0.917. The van der Waals surface area contributed by atoms with E-state index in [0.29, 0.717) is 13.1 Å². The van der Waals surface area contributed by atoms with Crippen molar-refractivity contribution >= 4 is 15.9 Å². The standard InChI is InChI=1S/C19H23N3O4S/c1-26-18-8-7-16(13-17(18)19(20)23)27(24,25)22-11-9-21(10-12-22)14-15-5-3-2-4-6-15/h2-8,13H,9-12,14H2,1H3,(H2,20,23)/p+1. The fraction of sp³-hybridized carbons (Fsp3) is 0.316. The number of methoxy groups -OCH3 is 1. The van der Waals surface area contributed by atoms with Crippen LogP contribution in [0.3, 0.4) is 0 Å². The van der Waals surface area contributed by atoms with Gasteiger partial charge in [-0.2, -0.15) is 4.31 Å². The quantitative estimate of drug-likeness (QED) is 0.719. The molecule has 0 aliphatic carbocycles. The van der Waals surface area contributed by atoms with Gasteiger partial charge in [0.1, 0.15) is 12.3 Å². The van der Waals surface area contributed by atoms with Gasteiger partial charge in [0.05, 0.1) is 43.7 Å². The molecular weight excluding hydrogens is 366 g/mol. The third kappa shape index (κ3) is 4.29. The molecule has 0 radical (unpaired) electrons. The fourth-order valence-electron chi connectivity index (χ4n) is 3.29. The number of piperazine rings is 1. The molecule has 1 aliphatic rings. The number of carbonyl (C=O) groups excluding carboxylic acids is 1. The molecule has 3 N–H and O–H groups in total. The number of nitrogens with one attached hydrogen (secondary N) is 1. The average molecular weight is 390 g/mol. The van der Waals surface area contributed by atoms with Gasteiger partial charge >= 0.3 is 0 Å². The molecule has 0 atom stereocenters. The highest BCUT2D eigenvalue weighted by Crippen LogP contribution is 2.24. The highest BCUT2D eigenvalue weighted by atomic mass is 32.2. The molecule has 1 heterocycles. The van der Waals surface area contributed by atoms with Crippen LogP contribution >= 0.6 is 0 Å². The summed E-state index contributed by atoms with van der Waals surface area (Å²) in [4.78, 5) is 13.0. The fourth-order valence-corrected chi connectivity index (χ4v) is 4.76. The van der Waals surface area contributed by atoms with E-state index in [2.05, 4.69) is 12.1 Å². The lowest BCUT2D eigenvalue weighted by Gasteiger charge is -2.31. The molecule has 0 spiro atoms. The van der Waals surface area contributed by atoms with E-state index in [0.717, 1.165) is 19.6 Å². The summed E-state index contributed by atoms with van der Waals surface area (Å²) in [5, 5.41) is 0. The lowest BCUT2D eigenvalue weighted by atomic mass is 10.2. The van der Waals surface area contributed by atoms with Crippen LogP contribution in [0.2, 0.25) is 0 Å². The maximum Gasteiger partial charge on any atom is 0.252 e. The van der Waals surface area contributed by atoms with E-state index in [4.69, 9.17) is 10.5 Å². The minimum atomic E-state index is -3.68. The molecule has 2 aromatic carbocycles. The van der Waals surface area contributed by atoms with E-state index in [9.17, 15) is 13.2 Å². The van der Waals surface area contributed by atoms with Gasteiger partial charge in [0.2, 0.25) is 10.0 Å². The van der Waals surface area contributed by atoms with Crippen LogP contribution in [-0.2, 0) is 16.6 Å². The van der Waals surface area contributed by atoms with E-state index >= 15 is 0 Å². The van der Waals surface area contributed by atoms with Gasteiger partial charge in [0, 0.05) is 5.56 Å². The Morgan fingerprint density at radius 3 is 2.41 bits per heavy atom. The maximum atomic E-state index is 13.0. The number of hydrogen-bond acceptors (Lipinski definition) is 4. The zero-order chi connectivity index (χ0) is 19.4. The van der Waals surface area contributed by atoms with Gasteiger partial charge in [-0.25, -0.2) is 8.42 Å². The first-order valence-corrected chi connectivity index (χ1v) is 10.2. The molecule has 0 bridgehead atoms. The molecule has 1 fully saturated rings. The number of hydrogen-bond donors (Lipinski definition) is 2. The van der Waals surface area contributed by atoms with Crippen LogP contribution in [-0.4, -0.2) is 51.9 Å². The van der Waals surface area contributed by atoms with Gasteiger partial charge < -0.3 is 15.4 Å². The number of carbonyl (C=O) groups is 1. The lowest BCUT2D eigenvalue weighted by Crippen LogP contribution is -3.13. The Balaban J connectivity index is 1.71. The predicted molar refractivity (Wildman–Crippen MR) is 101 cm³/mol. The summed E-state index contributed by atoms with van der Waals surface area (Å²) in [5.41, 5.74) is 6.64. The first-order valence-electron chi connectivity index (χ1n) is 8.77. The zero-order valence-electron chi connectivity index (χ0n) is 15.2. The minimum absolute atomic E-state index is 0.0589. The molecule has 3 rings (SSSR count). The van der Waals surface area contributed by atoms with Crippen LogP contribution < -0.4 is 15.4 Å². The molecule has 144 valence electrons. The number of benzene rings is 2. The average Bonchev–Trinajstić information content (AvgIpc) is 2.68. The number of primary amides is 1. The van der Waals surface area contributed by atoms with Crippen LogP contribution in [0.4, 0.5) is 0 Å². The number of sulfonamides is 1. The normalized spacial score (nSPS) is 16.2. The van der Waals surface area contributed by atoms with Crippen LogP contribution in [0.15, 0.2) is 53.4 Å². The van der Waals surface area contributed by atoms with E-state index in [1.54, 1.807) is 0 Å². The van der Waals surface area contributed by atoms with Crippen LogP contribution in [0.1, 0.15) is 15.9 Å². The van der Waals surface area contributed by atoms with Crippen molar-refractivity contribution in [3.05, 3.63) is 59.7 Å². The Kier molecular flexibility index (Phi) is 5.79. The van der Waals surface area contributed by atoms with Crippen molar-refractivity contribution in [3.8, 4) is 5.75 Å². The minimum Gasteiger partial charge on any atom is -0.496 e. The Morgan fingerprint density at radius 1 is 1.15 bits per heavy atom. The molecule has 1 saturated heterocycles. The Bertz CT molecular complexity index is 908. The SMILES string of the molecule is COc1ccc(S(=O)(=O)N2CC[NH+](Cc3ccccc3)CC2)cc1C(N)=O. The largest absolute Gasteiger partial charge is 0.496 e. The predicted octanol–water partition coefficient (Wildman–Crippen LogP) is -0.116. The van der Waals surface area contributed by atoms with Crippen LogP contribution in [0.5, 0.6) is 5.75 Å². The molecule has 0 saturated carbocycles. The topological polar surface area (TPSA) is 94.1 Å². The van der Waals surface area contributed by atoms with Crippen LogP contribution in [0, 0.1) is 0 Å². The molecule has 8 heteroatoms.